The zero-order chi connectivity index (χ0) is 18.4. The van der Waals surface area contributed by atoms with Crippen LogP contribution in [0, 0.1) is 5.92 Å². The summed E-state index contributed by atoms with van der Waals surface area (Å²) < 4.78 is 1.67. The van der Waals surface area contributed by atoms with Crippen molar-refractivity contribution in [3.05, 3.63) is 27.7 Å². The molecule has 1 fully saturated rings. The highest BCUT2D eigenvalue weighted by atomic mass is 32.2. The smallest absolute Gasteiger partial charge is 0.221 e. The number of piperidine rings is 1. The van der Waals surface area contributed by atoms with Gasteiger partial charge in [0.05, 0.1) is 0 Å². The Morgan fingerprint density at radius 2 is 2.23 bits per heavy atom. The largest absolute Gasteiger partial charge is 0.388 e. The zero-order valence-corrected chi connectivity index (χ0v) is 17.3. The van der Waals surface area contributed by atoms with Gasteiger partial charge in [-0.05, 0) is 37.4 Å². The van der Waals surface area contributed by atoms with E-state index in [-0.39, 0.29) is 6.61 Å². The van der Waals surface area contributed by atoms with Gasteiger partial charge in [0, 0.05) is 47.9 Å². The van der Waals surface area contributed by atoms with Gasteiger partial charge in [-0.25, -0.2) is 4.68 Å². The van der Waals surface area contributed by atoms with Crippen molar-refractivity contribution in [3.8, 4) is 0 Å². The topological polar surface area (TPSA) is 66.2 Å². The molecule has 3 rings (SSSR count). The molecule has 0 aliphatic carbocycles. The molecule has 144 valence electrons. The summed E-state index contributed by atoms with van der Waals surface area (Å²) in [5.41, 5.74) is 0. The van der Waals surface area contributed by atoms with Crippen LogP contribution in [-0.2, 0) is 26.0 Å². The summed E-state index contributed by atoms with van der Waals surface area (Å²) in [6, 6.07) is 4.58. The van der Waals surface area contributed by atoms with Crippen molar-refractivity contribution >= 4 is 29.0 Å². The molecule has 1 atom stereocenters. The van der Waals surface area contributed by atoms with E-state index in [0.717, 1.165) is 30.5 Å². The van der Waals surface area contributed by atoms with Crippen LogP contribution in [0.1, 0.15) is 35.3 Å². The summed E-state index contributed by atoms with van der Waals surface area (Å²) in [6.45, 7) is 6.68. The molecular weight excluding hydrogens is 366 g/mol. The first kappa shape index (κ1) is 19.7. The van der Waals surface area contributed by atoms with Crippen molar-refractivity contribution in [2.45, 2.75) is 38.7 Å². The Labute approximate surface area is 164 Å². The zero-order valence-electron chi connectivity index (χ0n) is 15.6. The molecule has 1 unspecified atom stereocenters. The summed E-state index contributed by atoms with van der Waals surface area (Å²) in [6.07, 6.45) is 2.72. The van der Waals surface area contributed by atoms with Crippen LogP contribution >= 0.6 is 23.1 Å². The summed E-state index contributed by atoms with van der Waals surface area (Å²) in [5, 5.41) is 16.4. The van der Waals surface area contributed by atoms with Crippen molar-refractivity contribution in [1.29, 1.82) is 0 Å². The van der Waals surface area contributed by atoms with E-state index in [2.05, 4.69) is 39.4 Å². The summed E-state index contributed by atoms with van der Waals surface area (Å²) in [5.74, 6) is 4.08. The molecule has 1 aliphatic rings. The second-order valence-corrected chi connectivity index (χ2v) is 9.32. The first-order chi connectivity index (χ1) is 12.6. The van der Waals surface area contributed by atoms with Crippen LogP contribution in [0.15, 0.2) is 12.1 Å². The van der Waals surface area contributed by atoms with Crippen molar-refractivity contribution in [2.75, 3.05) is 30.7 Å². The van der Waals surface area contributed by atoms with Gasteiger partial charge in [0.25, 0.3) is 0 Å². The standard InChI is InChI=1S/C18H29N5OS2/c1-14-4-3-8-23(10-14)11-15-5-6-16(26-15)13-25-9-7-19-18-20-17(12-24)21-22(18)2/h5-6,14,24H,3-4,7-13H2,1-2H3,(H,19,20,21). The highest BCUT2D eigenvalue weighted by molar-refractivity contribution is 7.98. The third-order valence-electron chi connectivity index (χ3n) is 4.56. The molecule has 1 saturated heterocycles. The lowest BCUT2D eigenvalue weighted by Gasteiger charge is -2.30. The fourth-order valence-corrected chi connectivity index (χ4v) is 5.33. The van der Waals surface area contributed by atoms with Crippen molar-refractivity contribution in [2.24, 2.45) is 13.0 Å². The van der Waals surface area contributed by atoms with E-state index in [4.69, 9.17) is 5.11 Å². The molecule has 2 aromatic rings. The second-order valence-electron chi connectivity index (χ2n) is 6.96. The minimum Gasteiger partial charge on any atom is -0.388 e. The lowest BCUT2D eigenvalue weighted by molar-refractivity contribution is 0.178. The van der Waals surface area contributed by atoms with Crippen LogP contribution in [0.3, 0.4) is 0 Å². The number of thioether (sulfide) groups is 1. The van der Waals surface area contributed by atoms with Crippen molar-refractivity contribution < 1.29 is 5.11 Å². The number of aliphatic hydroxyl groups excluding tert-OH is 1. The average molecular weight is 396 g/mol. The molecule has 0 saturated carbocycles. The lowest BCUT2D eigenvalue weighted by atomic mass is 10.0. The number of likely N-dealkylation sites (tertiary alicyclic amines) is 1. The van der Waals surface area contributed by atoms with Gasteiger partial charge in [0.1, 0.15) is 6.61 Å². The second kappa shape index (κ2) is 9.73. The number of nitrogens with one attached hydrogen (secondary N) is 1. The minimum absolute atomic E-state index is 0.124. The SMILES string of the molecule is CC1CCCN(Cc2ccc(CSCCNc3nc(CO)nn3C)s2)C1. The first-order valence-corrected chi connectivity index (χ1v) is 11.2. The van der Waals surface area contributed by atoms with Crippen LogP contribution in [0.25, 0.3) is 0 Å². The summed E-state index contributed by atoms with van der Waals surface area (Å²) in [7, 11) is 1.83. The first-order valence-electron chi connectivity index (χ1n) is 9.26. The Balaban J connectivity index is 1.35. The van der Waals surface area contributed by atoms with Crippen molar-refractivity contribution in [3.63, 3.8) is 0 Å². The van der Waals surface area contributed by atoms with E-state index in [1.807, 2.05) is 30.1 Å². The fraction of sp³-hybridized carbons (Fsp3) is 0.667. The Hall–Kier alpha value is -1.09. The molecule has 26 heavy (non-hydrogen) atoms. The maximum atomic E-state index is 9.06. The van der Waals surface area contributed by atoms with E-state index >= 15 is 0 Å². The molecule has 0 amide bonds. The van der Waals surface area contributed by atoms with Crippen LogP contribution in [0.5, 0.6) is 0 Å². The lowest BCUT2D eigenvalue weighted by Crippen LogP contribution is -2.33. The van der Waals surface area contributed by atoms with Gasteiger partial charge in [-0.1, -0.05) is 6.92 Å². The van der Waals surface area contributed by atoms with Gasteiger partial charge < -0.3 is 10.4 Å². The molecule has 6 nitrogen and oxygen atoms in total. The Bertz CT molecular complexity index is 687. The van der Waals surface area contributed by atoms with Crippen molar-refractivity contribution in [1.82, 2.24) is 19.7 Å². The van der Waals surface area contributed by atoms with Gasteiger partial charge in [-0.2, -0.15) is 21.8 Å². The Morgan fingerprint density at radius 1 is 1.38 bits per heavy atom. The molecule has 0 spiro atoms. The van der Waals surface area contributed by atoms with E-state index < -0.39 is 0 Å². The summed E-state index contributed by atoms with van der Waals surface area (Å²) in [4.78, 5) is 9.77. The van der Waals surface area contributed by atoms with Crippen LogP contribution in [0.4, 0.5) is 5.95 Å². The molecule has 0 aromatic carbocycles. The van der Waals surface area contributed by atoms with Gasteiger partial charge in [0.15, 0.2) is 5.82 Å². The highest BCUT2D eigenvalue weighted by Gasteiger charge is 2.16. The van der Waals surface area contributed by atoms with Gasteiger partial charge in [-0.3, -0.25) is 4.90 Å². The number of aryl methyl sites for hydroxylation is 1. The number of aromatic nitrogens is 3. The number of thiophene rings is 1. The average Bonchev–Trinajstić information content (AvgIpc) is 3.21. The minimum atomic E-state index is -0.124. The number of rotatable bonds is 9. The molecule has 1 aliphatic heterocycles. The Kier molecular flexibility index (Phi) is 7.36. The molecule has 3 heterocycles. The number of nitrogens with zero attached hydrogens (tertiary/aromatic N) is 4. The van der Waals surface area contributed by atoms with E-state index in [1.54, 1.807) is 4.68 Å². The van der Waals surface area contributed by atoms with E-state index in [9.17, 15) is 0 Å². The number of hydrogen-bond acceptors (Lipinski definition) is 7. The van der Waals surface area contributed by atoms with E-state index in [0.29, 0.717) is 11.8 Å². The monoisotopic (exact) mass is 395 g/mol. The fourth-order valence-electron chi connectivity index (χ4n) is 3.30. The van der Waals surface area contributed by atoms with Crippen LogP contribution in [0.2, 0.25) is 0 Å². The van der Waals surface area contributed by atoms with Gasteiger partial charge in [-0.15, -0.1) is 11.3 Å². The number of hydrogen-bond donors (Lipinski definition) is 2. The molecule has 8 heteroatoms. The van der Waals surface area contributed by atoms with Gasteiger partial charge in [0.2, 0.25) is 5.95 Å². The van der Waals surface area contributed by atoms with Crippen LogP contribution < -0.4 is 5.32 Å². The molecular formula is C18H29N5OS2. The highest BCUT2D eigenvalue weighted by Crippen LogP contribution is 2.25. The normalized spacial score (nSPS) is 18.3. The maximum absolute atomic E-state index is 9.06. The summed E-state index contributed by atoms with van der Waals surface area (Å²) >= 11 is 3.89. The number of anilines is 1. The quantitative estimate of drug-likeness (QED) is 0.637. The van der Waals surface area contributed by atoms with Crippen LogP contribution in [-0.4, -0.2) is 50.2 Å². The third-order valence-corrected chi connectivity index (χ3v) is 6.82. The number of aliphatic hydroxyl groups is 1. The maximum Gasteiger partial charge on any atom is 0.221 e. The van der Waals surface area contributed by atoms with Gasteiger partial charge >= 0.3 is 0 Å². The predicted octanol–water partition coefficient (Wildman–Crippen LogP) is 2.95. The molecule has 2 aromatic heterocycles. The molecule has 0 radical (unpaired) electrons. The molecule has 2 N–H and O–H groups in total. The predicted molar refractivity (Wildman–Crippen MR) is 110 cm³/mol. The third kappa shape index (κ3) is 5.70. The van der Waals surface area contributed by atoms with E-state index in [1.165, 1.54) is 35.7 Å². The molecule has 0 bridgehead atoms. The Morgan fingerprint density at radius 3 is 3.00 bits per heavy atom.